The van der Waals surface area contributed by atoms with Crippen molar-refractivity contribution < 1.29 is 15.0 Å². The van der Waals surface area contributed by atoms with Gasteiger partial charge in [0.15, 0.2) is 0 Å². The molecular weight excluding hydrogens is 428 g/mol. The predicted octanol–water partition coefficient (Wildman–Crippen LogP) is 9.35. The average molecular weight is 479 g/mol. The number of rotatable bonds is 21. The van der Waals surface area contributed by atoms with E-state index in [0.717, 1.165) is 36.0 Å². The van der Waals surface area contributed by atoms with Gasteiger partial charge in [-0.2, -0.15) is 0 Å². The smallest absolute Gasteiger partial charge is 0.316 e. The highest BCUT2D eigenvalue weighted by atomic mass is 32.2. The minimum Gasteiger partial charge on any atom is -0.507 e. The first kappa shape index (κ1) is 29.9. The molecule has 0 aliphatic carbocycles. The van der Waals surface area contributed by atoms with Crippen molar-refractivity contribution in [3.63, 3.8) is 0 Å². The second-order valence-electron chi connectivity index (χ2n) is 9.81. The quantitative estimate of drug-likeness (QED) is 0.173. The highest BCUT2D eigenvalue weighted by Crippen LogP contribution is 2.28. The van der Waals surface area contributed by atoms with Crippen LogP contribution in [0.2, 0.25) is 0 Å². The summed E-state index contributed by atoms with van der Waals surface area (Å²) in [6.07, 6.45) is 22.1. The molecule has 190 valence electrons. The third kappa shape index (κ3) is 14.7. The number of hydrogen-bond donors (Lipinski definition) is 2. The van der Waals surface area contributed by atoms with E-state index in [1.165, 1.54) is 102 Å². The van der Waals surface area contributed by atoms with Crippen molar-refractivity contribution in [2.24, 2.45) is 0 Å². The Morgan fingerprint density at radius 1 is 0.758 bits per heavy atom. The van der Waals surface area contributed by atoms with Crippen LogP contribution in [-0.4, -0.2) is 21.4 Å². The summed E-state index contributed by atoms with van der Waals surface area (Å²) in [6.45, 7) is 6.06. The number of phenolic OH excluding ortho intramolecular Hbond substituents is 1. The topological polar surface area (TPSA) is 57.5 Å². The van der Waals surface area contributed by atoms with Crippen LogP contribution in [-0.2, 0) is 10.5 Å². The number of phenols is 1. The number of carboxylic acids is 1. The Bertz CT molecular complexity index is 621. The fourth-order valence-corrected chi connectivity index (χ4v) is 5.52. The molecule has 4 heteroatoms. The van der Waals surface area contributed by atoms with E-state index in [0.29, 0.717) is 11.5 Å². The molecule has 1 aromatic rings. The largest absolute Gasteiger partial charge is 0.507 e. The van der Waals surface area contributed by atoms with Crippen molar-refractivity contribution in [3.8, 4) is 5.75 Å². The number of benzene rings is 1. The molecule has 2 N–H and O–H groups in total. The van der Waals surface area contributed by atoms with E-state index in [2.05, 4.69) is 6.92 Å². The van der Waals surface area contributed by atoms with E-state index in [1.807, 2.05) is 26.0 Å². The van der Waals surface area contributed by atoms with Gasteiger partial charge in [0, 0.05) is 5.75 Å². The van der Waals surface area contributed by atoms with Crippen molar-refractivity contribution >= 4 is 17.7 Å². The van der Waals surface area contributed by atoms with Crippen LogP contribution in [0.1, 0.15) is 133 Å². The average Bonchev–Trinajstić information content (AvgIpc) is 2.78. The van der Waals surface area contributed by atoms with Gasteiger partial charge in [-0.25, -0.2) is 0 Å². The van der Waals surface area contributed by atoms with Crippen molar-refractivity contribution in [3.05, 3.63) is 28.8 Å². The van der Waals surface area contributed by atoms with E-state index < -0.39 is 5.97 Å². The zero-order chi connectivity index (χ0) is 24.3. The Morgan fingerprint density at radius 3 is 1.55 bits per heavy atom. The first-order valence-corrected chi connectivity index (χ1v) is 14.6. The zero-order valence-electron chi connectivity index (χ0n) is 21.7. The fraction of sp³-hybridized carbons (Fsp3) is 0.759. The summed E-state index contributed by atoms with van der Waals surface area (Å²) in [5.74, 6) is 0.317. The maximum Gasteiger partial charge on any atom is 0.316 e. The Balaban J connectivity index is 2.01. The Hall–Kier alpha value is -1.16. The lowest BCUT2D eigenvalue weighted by Crippen LogP contribution is -2.16. The SMILES string of the molecule is CCCCCCCCCCCCCCCCCCC(SCc1cc(C)c(O)c(C)c1)C(=O)O. The van der Waals surface area contributed by atoms with Gasteiger partial charge in [-0.15, -0.1) is 11.8 Å². The van der Waals surface area contributed by atoms with Crippen LogP contribution in [0.3, 0.4) is 0 Å². The number of aliphatic carboxylic acids is 1. The van der Waals surface area contributed by atoms with Crippen LogP contribution < -0.4 is 0 Å². The molecule has 0 amide bonds. The second kappa shape index (κ2) is 19.2. The molecule has 0 radical (unpaired) electrons. The molecule has 0 spiro atoms. The zero-order valence-corrected chi connectivity index (χ0v) is 22.5. The molecule has 0 aliphatic heterocycles. The van der Waals surface area contributed by atoms with Crippen LogP contribution in [0.4, 0.5) is 0 Å². The van der Waals surface area contributed by atoms with Crippen LogP contribution >= 0.6 is 11.8 Å². The number of hydrogen-bond acceptors (Lipinski definition) is 3. The van der Waals surface area contributed by atoms with Gasteiger partial charge >= 0.3 is 5.97 Å². The van der Waals surface area contributed by atoms with Crippen molar-refractivity contribution in [2.75, 3.05) is 0 Å². The van der Waals surface area contributed by atoms with Crippen LogP contribution in [0.5, 0.6) is 5.75 Å². The number of carbonyl (C=O) groups is 1. The maximum absolute atomic E-state index is 11.6. The second-order valence-corrected chi connectivity index (χ2v) is 11.0. The lowest BCUT2D eigenvalue weighted by molar-refractivity contribution is -0.136. The molecule has 0 bridgehead atoms. The number of aromatic hydroxyl groups is 1. The lowest BCUT2D eigenvalue weighted by atomic mass is 10.0. The highest BCUT2D eigenvalue weighted by molar-refractivity contribution is 7.99. The van der Waals surface area contributed by atoms with Gasteiger partial charge in [0.05, 0.1) is 0 Å². The Morgan fingerprint density at radius 2 is 1.15 bits per heavy atom. The summed E-state index contributed by atoms with van der Waals surface area (Å²) in [4.78, 5) is 11.6. The van der Waals surface area contributed by atoms with Gasteiger partial charge in [-0.05, 0) is 37.0 Å². The van der Waals surface area contributed by atoms with Gasteiger partial charge in [-0.1, -0.05) is 122 Å². The maximum atomic E-state index is 11.6. The fourth-order valence-electron chi connectivity index (χ4n) is 4.48. The molecule has 0 aliphatic rings. The minimum absolute atomic E-state index is 0.340. The molecule has 0 saturated heterocycles. The highest BCUT2D eigenvalue weighted by Gasteiger charge is 2.18. The molecule has 0 fully saturated rings. The van der Waals surface area contributed by atoms with Crippen molar-refractivity contribution in [1.29, 1.82) is 0 Å². The molecular formula is C29H50O3S. The van der Waals surface area contributed by atoms with Gasteiger partial charge in [0.25, 0.3) is 0 Å². The summed E-state index contributed by atoms with van der Waals surface area (Å²) in [5, 5.41) is 19.1. The Labute approximate surface area is 208 Å². The summed E-state index contributed by atoms with van der Waals surface area (Å²) >= 11 is 1.51. The van der Waals surface area contributed by atoms with E-state index in [-0.39, 0.29) is 5.25 Å². The van der Waals surface area contributed by atoms with Crippen molar-refractivity contribution in [1.82, 2.24) is 0 Å². The molecule has 0 heterocycles. The number of unbranched alkanes of at least 4 members (excludes halogenated alkanes) is 15. The van der Waals surface area contributed by atoms with E-state index >= 15 is 0 Å². The van der Waals surface area contributed by atoms with E-state index in [4.69, 9.17) is 0 Å². The van der Waals surface area contributed by atoms with Crippen LogP contribution in [0.25, 0.3) is 0 Å². The van der Waals surface area contributed by atoms with Crippen LogP contribution in [0, 0.1) is 13.8 Å². The molecule has 1 rings (SSSR count). The van der Waals surface area contributed by atoms with Gasteiger partial charge in [0.1, 0.15) is 11.0 Å². The molecule has 1 atom stereocenters. The van der Waals surface area contributed by atoms with Gasteiger partial charge in [0.2, 0.25) is 0 Å². The molecule has 1 aromatic carbocycles. The molecule has 0 saturated carbocycles. The molecule has 1 unspecified atom stereocenters. The standard InChI is InChI=1S/C29H50O3S/c1-4-5-6-7-8-9-10-11-12-13-14-15-16-17-18-19-20-27(29(31)32)33-23-26-21-24(2)28(30)25(3)22-26/h21-22,27,30H,4-20,23H2,1-3H3,(H,31,32). The number of aryl methyl sites for hydroxylation is 2. The predicted molar refractivity (Wildman–Crippen MR) is 144 cm³/mol. The van der Waals surface area contributed by atoms with Crippen molar-refractivity contribution in [2.45, 2.75) is 141 Å². The third-order valence-corrected chi connectivity index (χ3v) is 7.94. The van der Waals surface area contributed by atoms with E-state index in [9.17, 15) is 15.0 Å². The van der Waals surface area contributed by atoms with Gasteiger partial charge < -0.3 is 10.2 Å². The van der Waals surface area contributed by atoms with Crippen LogP contribution in [0.15, 0.2) is 12.1 Å². The number of carboxylic acid groups (broad SMARTS) is 1. The summed E-state index contributed by atoms with van der Waals surface area (Å²) < 4.78 is 0. The van der Waals surface area contributed by atoms with E-state index in [1.54, 1.807) is 0 Å². The summed E-state index contributed by atoms with van der Waals surface area (Å²) in [5.41, 5.74) is 2.80. The lowest BCUT2D eigenvalue weighted by Gasteiger charge is -2.13. The monoisotopic (exact) mass is 478 g/mol. The van der Waals surface area contributed by atoms with Gasteiger partial charge in [-0.3, -0.25) is 4.79 Å². The minimum atomic E-state index is -0.701. The first-order valence-electron chi connectivity index (χ1n) is 13.6. The Kier molecular flexibility index (Phi) is 17.4. The molecule has 33 heavy (non-hydrogen) atoms. The third-order valence-electron chi connectivity index (χ3n) is 6.60. The molecule has 3 nitrogen and oxygen atoms in total. The normalized spacial score (nSPS) is 12.2. The number of thioether (sulfide) groups is 1. The summed E-state index contributed by atoms with van der Waals surface area (Å²) in [6, 6.07) is 3.92. The first-order chi connectivity index (χ1) is 16.0. The summed E-state index contributed by atoms with van der Waals surface area (Å²) in [7, 11) is 0. The molecule has 0 aromatic heterocycles.